The van der Waals surface area contributed by atoms with Gasteiger partial charge in [0.25, 0.3) is 0 Å². The van der Waals surface area contributed by atoms with E-state index in [1.165, 1.54) is 5.56 Å². The number of hydrogen-bond donors (Lipinski definition) is 2. The number of aromatic nitrogens is 1. The highest BCUT2D eigenvalue weighted by atomic mass is 15.0. The molecule has 0 fully saturated rings. The van der Waals surface area contributed by atoms with E-state index in [1.807, 2.05) is 18.3 Å². The van der Waals surface area contributed by atoms with Crippen LogP contribution in [0, 0.1) is 0 Å². The predicted octanol–water partition coefficient (Wildman–Crippen LogP) is 4.21. The molecule has 0 spiro atoms. The summed E-state index contributed by atoms with van der Waals surface area (Å²) in [6, 6.07) is 12.5. The van der Waals surface area contributed by atoms with E-state index in [1.54, 1.807) is 0 Å². The lowest BCUT2D eigenvalue weighted by atomic mass is 10.1. The molecular formula is C16H21N3. The third-order valence-corrected chi connectivity index (χ3v) is 2.94. The molecule has 19 heavy (non-hydrogen) atoms. The molecule has 100 valence electrons. The van der Waals surface area contributed by atoms with Gasteiger partial charge in [-0.15, -0.1) is 0 Å². The van der Waals surface area contributed by atoms with E-state index >= 15 is 0 Å². The lowest BCUT2D eigenvalue weighted by Crippen LogP contribution is -2.02. The first-order chi connectivity index (χ1) is 9.31. The zero-order valence-corrected chi connectivity index (χ0v) is 11.6. The fourth-order valence-corrected chi connectivity index (χ4v) is 1.89. The molecule has 0 saturated heterocycles. The maximum absolute atomic E-state index is 4.30. The average Bonchev–Trinajstić information content (AvgIpc) is 2.46. The van der Waals surface area contributed by atoms with Crippen molar-refractivity contribution in [1.82, 2.24) is 4.98 Å². The maximum atomic E-state index is 4.30. The molecule has 2 N–H and O–H groups in total. The fraction of sp³-hybridized carbons (Fsp3) is 0.312. The quantitative estimate of drug-likeness (QED) is 0.812. The van der Waals surface area contributed by atoms with Gasteiger partial charge in [0, 0.05) is 30.2 Å². The maximum Gasteiger partial charge on any atom is 0.127 e. The monoisotopic (exact) mass is 255 g/mol. The van der Waals surface area contributed by atoms with Crippen LogP contribution in [0.15, 0.2) is 42.6 Å². The third-order valence-electron chi connectivity index (χ3n) is 2.94. The van der Waals surface area contributed by atoms with Gasteiger partial charge in [0.15, 0.2) is 0 Å². The second-order valence-electron chi connectivity index (χ2n) is 4.54. The Morgan fingerprint density at radius 3 is 2.68 bits per heavy atom. The molecule has 0 radical (unpaired) electrons. The van der Waals surface area contributed by atoms with Gasteiger partial charge in [0.1, 0.15) is 5.82 Å². The second kappa shape index (κ2) is 6.78. The molecule has 0 saturated carbocycles. The normalized spacial score (nSPS) is 10.2. The Balaban J connectivity index is 2.09. The predicted molar refractivity (Wildman–Crippen MR) is 82.1 cm³/mol. The van der Waals surface area contributed by atoms with Crippen molar-refractivity contribution in [3.8, 4) is 0 Å². The summed E-state index contributed by atoms with van der Waals surface area (Å²) in [6.07, 6.45) is 3.97. The van der Waals surface area contributed by atoms with E-state index in [-0.39, 0.29) is 0 Å². The van der Waals surface area contributed by atoms with Gasteiger partial charge in [-0.3, -0.25) is 0 Å². The highest BCUT2D eigenvalue weighted by molar-refractivity contribution is 5.62. The first-order valence-electron chi connectivity index (χ1n) is 6.87. The van der Waals surface area contributed by atoms with Gasteiger partial charge in [-0.05, 0) is 36.6 Å². The Morgan fingerprint density at radius 2 is 1.89 bits per heavy atom. The lowest BCUT2D eigenvalue weighted by molar-refractivity contribution is 0.969. The number of aryl methyl sites for hydroxylation is 1. The van der Waals surface area contributed by atoms with Gasteiger partial charge in [-0.1, -0.05) is 26.0 Å². The van der Waals surface area contributed by atoms with Gasteiger partial charge < -0.3 is 10.6 Å². The summed E-state index contributed by atoms with van der Waals surface area (Å²) in [5, 5.41) is 6.71. The van der Waals surface area contributed by atoms with Crippen LogP contribution in [0.3, 0.4) is 0 Å². The average molecular weight is 255 g/mol. The Labute approximate surface area is 115 Å². The molecule has 0 amide bonds. The zero-order valence-electron chi connectivity index (χ0n) is 11.6. The minimum absolute atomic E-state index is 0.915. The minimum Gasteiger partial charge on any atom is -0.370 e. The third kappa shape index (κ3) is 3.98. The molecule has 0 atom stereocenters. The van der Waals surface area contributed by atoms with Crippen LogP contribution < -0.4 is 10.6 Å². The van der Waals surface area contributed by atoms with Crippen LogP contribution >= 0.6 is 0 Å². The Kier molecular flexibility index (Phi) is 4.78. The molecule has 2 aromatic rings. The Morgan fingerprint density at radius 1 is 1.05 bits per heavy atom. The van der Waals surface area contributed by atoms with E-state index < -0.39 is 0 Å². The molecule has 1 aromatic carbocycles. The Bertz CT molecular complexity index is 523. The first kappa shape index (κ1) is 13.4. The summed E-state index contributed by atoms with van der Waals surface area (Å²) in [6.45, 7) is 5.26. The topological polar surface area (TPSA) is 37.0 Å². The van der Waals surface area contributed by atoms with Crippen molar-refractivity contribution in [2.45, 2.75) is 26.7 Å². The second-order valence-corrected chi connectivity index (χ2v) is 4.54. The molecule has 0 aliphatic rings. The van der Waals surface area contributed by atoms with Crippen molar-refractivity contribution in [2.24, 2.45) is 0 Å². The minimum atomic E-state index is 0.915. The summed E-state index contributed by atoms with van der Waals surface area (Å²) in [5.41, 5.74) is 3.51. The van der Waals surface area contributed by atoms with Crippen molar-refractivity contribution < 1.29 is 0 Å². The number of benzene rings is 1. The van der Waals surface area contributed by atoms with Crippen LogP contribution in [0.4, 0.5) is 17.2 Å². The lowest BCUT2D eigenvalue weighted by Gasteiger charge is -2.10. The largest absolute Gasteiger partial charge is 0.370 e. The molecule has 3 heteroatoms. The van der Waals surface area contributed by atoms with Crippen molar-refractivity contribution in [1.29, 1.82) is 0 Å². The van der Waals surface area contributed by atoms with Crippen LogP contribution in [0.5, 0.6) is 0 Å². The summed E-state index contributed by atoms with van der Waals surface area (Å²) < 4.78 is 0. The van der Waals surface area contributed by atoms with Crippen molar-refractivity contribution in [2.75, 3.05) is 17.2 Å². The van der Waals surface area contributed by atoms with Crippen LogP contribution in [-0.2, 0) is 6.42 Å². The van der Waals surface area contributed by atoms with Crippen molar-refractivity contribution >= 4 is 17.2 Å². The molecular weight excluding hydrogens is 234 g/mol. The molecule has 0 aliphatic heterocycles. The van der Waals surface area contributed by atoms with E-state index in [0.717, 1.165) is 36.6 Å². The summed E-state index contributed by atoms with van der Waals surface area (Å²) in [4.78, 5) is 4.30. The van der Waals surface area contributed by atoms with Gasteiger partial charge in [0.05, 0.1) is 0 Å². The zero-order chi connectivity index (χ0) is 13.5. The highest BCUT2D eigenvalue weighted by Crippen LogP contribution is 2.19. The standard InChI is InChI=1S/C16H21N3/c1-3-9-17-16-12-15(8-10-18-16)19-14-7-5-6-13(4-2)11-14/h5-8,10-12H,3-4,9H2,1-2H3,(H2,17,18,19). The Hall–Kier alpha value is -2.03. The summed E-state index contributed by atoms with van der Waals surface area (Å²) in [7, 11) is 0. The molecule has 0 unspecified atom stereocenters. The van der Waals surface area contributed by atoms with Gasteiger partial charge in [0.2, 0.25) is 0 Å². The SMILES string of the molecule is CCCNc1cc(Nc2cccc(CC)c2)ccn1. The van der Waals surface area contributed by atoms with Crippen LogP contribution in [0.1, 0.15) is 25.8 Å². The number of nitrogens with one attached hydrogen (secondary N) is 2. The molecule has 1 aromatic heterocycles. The molecule has 1 heterocycles. The van der Waals surface area contributed by atoms with Gasteiger partial charge in [-0.25, -0.2) is 4.98 Å². The van der Waals surface area contributed by atoms with Crippen molar-refractivity contribution in [3.05, 3.63) is 48.2 Å². The van der Waals surface area contributed by atoms with Crippen LogP contribution in [-0.4, -0.2) is 11.5 Å². The van der Waals surface area contributed by atoms with E-state index in [9.17, 15) is 0 Å². The molecule has 3 nitrogen and oxygen atoms in total. The molecule has 0 bridgehead atoms. The number of nitrogens with zero attached hydrogens (tertiary/aromatic N) is 1. The van der Waals surface area contributed by atoms with Gasteiger partial charge >= 0.3 is 0 Å². The molecule has 2 rings (SSSR count). The van der Waals surface area contributed by atoms with Gasteiger partial charge in [-0.2, -0.15) is 0 Å². The summed E-state index contributed by atoms with van der Waals surface area (Å²) >= 11 is 0. The van der Waals surface area contributed by atoms with Crippen molar-refractivity contribution in [3.63, 3.8) is 0 Å². The highest BCUT2D eigenvalue weighted by Gasteiger charge is 1.98. The van der Waals surface area contributed by atoms with E-state index in [0.29, 0.717) is 0 Å². The smallest absolute Gasteiger partial charge is 0.127 e. The number of anilines is 3. The van der Waals surface area contributed by atoms with Crippen LogP contribution in [0.2, 0.25) is 0 Å². The van der Waals surface area contributed by atoms with Crippen LogP contribution in [0.25, 0.3) is 0 Å². The molecule has 0 aliphatic carbocycles. The first-order valence-corrected chi connectivity index (χ1v) is 6.87. The number of rotatable bonds is 6. The number of hydrogen-bond acceptors (Lipinski definition) is 3. The van der Waals surface area contributed by atoms with E-state index in [4.69, 9.17) is 0 Å². The fourth-order valence-electron chi connectivity index (χ4n) is 1.89. The number of pyridine rings is 1. The van der Waals surface area contributed by atoms with E-state index in [2.05, 4.69) is 53.7 Å². The summed E-state index contributed by atoms with van der Waals surface area (Å²) in [5.74, 6) is 0.915.